The highest BCUT2D eigenvalue weighted by molar-refractivity contribution is 6.31. The first kappa shape index (κ1) is 20.5. The molecule has 0 atom stereocenters. The number of ether oxygens (including phenoxy) is 1. The average Bonchev–Trinajstić information content (AvgIpc) is 3.12. The zero-order valence-corrected chi connectivity index (χ0v) is 17.0. The molecule has 1 heterocycles. The Morgan fingerprint density at radius 2 is 2.00 bits per heavy atom. The Balaban J connectivity index is 1.68. The van der Waals surface area contributed by atoms with Crippen LogP contribution < -0.4 is 5.32 Å². The van der Waals surface area contributed by atoms with E-state index in [1.807, 2.05) is 13.0 Å². The maximum atomic E-state index is 12.2. The number of hydrogen-bond acceptors (Lipinski definition) is 6. The molecule has 0 unspecified atom stereocenters. The summed E-state index contributed by atoms with van der Waals surface area (Å²) in [5, 5.41) is 15.4. The Morgan fingerprint density at radius 3 is 2.72 bits per heavy atom. The summed E-state index contributed by atoms with van der Waals surface area (Å²) in [6, 6.07) is 12.0. The number of nitrogens with zero attached hydrogens (tertiary/aromatic N) is 4. The Labute approximate surface area is 172 Å². The van der Waals surface area contributed by atoms with Gasteiger partial charge in [0.1, 0.15) is 6.54 Å². The normalized spacial score (nSPS) is 10.8. The van der Waals surface area contributed by atoms with E-state index in [4.69, 9.17) is 16.3 Å². The van der Waals surface area contributed by atoms with Crippen molar-refractivity contribution in [1.82, 2.24) is 20.2 Å². The number of aryl methyl sites for hydroxylation is 1. The summed E-state index contributed by atoms with van der Waals surface area (Å²) in [6.07, 6.45) is -0.216. The molecule has 1 aromatic heterocycles. The fourth-order valence-corrected chi connectivity index (χ4v) is 2.67. The second kappa shape index (κ2) is 8.83. The predicted octanol–water partition coefficient (Wildman–Crippen LogP) is 3.51. The average molecular weight is 414 g/mol. The lowest BCUT2D eigenvalue weighted by atomic mass is 10.1. The number of anilines is 1. The molecule has 1 amide bonds. The van der Waals surface area contributed by atoms with E-state index in [0.29, 0.717) is 27.7 Å². The van der Waals surface area contributed by atoms with Crippen LogP contribution in [0.3, 0.4) is 0 Å². The molecule has 1 N–H and O–H groups in total. The molecule has 0 aliphatic heterocycles. The number of rotatable bonds is 6. The van der Waals surface area contributed by atoms with Gasteiger partial charge in [0.05, 0.1) is 11.7 Å². The van der Waals surface area contributed by atoms with Crippen molar-refractivity contribution in [2.24, 2.45) is 0 Å². The number of tetrazole rings is 1. The van der Waals surface area contributed by atoms with Crippen molar-refractivity contribution in [2.75, 3.05) is 5.32 Å². The third-order valence-corrected chi connectivity index (χ3v) is 4.30. The second-order valence-electron chi connectivity index (χ2n) is 6.69. The van der Waals surface area contributed by atoms with E-state index in [1.165, 1.54) is 4.80 Å². The molecule has 29 heavy (non-hydrogen) atoms. The molecule has 2 aromatic carbocycles. The molecule has 0 spiro atoms. The molecule has 3 rings (SSSR count). The van der Waals surface area contributed by atoms with Crippen molar-refractivity contribution < 1.29 is 14.3 Å². The van der Waals surface area contributed by atoms with E-state index in [-0.39, 0.29) is 18.6 Å². The monoisotopic (exact) mass is 413 g/mol. The van der Waals surface area contributed by atoms with Crippen molar-refractivity contribution in [3.63, 3.8) is 0 Å². The maximum absolute atomic E-state index is 12.2. The molecule has 0 aliphatic carbocycles. The minimum atomic E-state index is -0.426. The van der Waals surface area contributed by atoms with Crippen LogP contribution in [0.2, 0.25) is 5.02 Å². The molecule has 0 radical (unpaired) electrons. The van der Waals surface area contributed by atoms with Crippen LogP contribution in [0, 0.1) is 6.92 Å². The first-order valence-corrected chi connectivity index (χ1v) is 9.35. The number of benzene rings is 2. The molecule has 0 saturated carbocycles. The summed E-state index contributed by atoms with van der Waals surface area (Å²) in [4.78, 5) is 25.5. The van der Waals surface area contributed by atoms with Gasteiger partial charge >= 0.3 is 5.97 Å². The first-order valence-electron chi connectivity index (χ1n) is 8.97. The lowest BCUT2D eigenvalue weighted by molar-refractivity contribution is -0.117. The molecular weight excluding hydrogens is 394 g/mol. The highest BCUT2D eigenvalue weighted by atomic mass is 35.5. The zero-order valence-electron chi connectivity index (χ0n) is 16.2. The largest absolute Gasteiger partial charge is 0.459 e. The van der Waals surface area contributed by atoms with Gasteiger partial charge in [0.2, 0.25) is 11.7 Å². The number of hydrogen-bond donors (Lipinski definition) is 1. The molecule has 8 nitrogen and oxygen atoms in total. The smallest absolute Gasteiger partial charge is 0.338 e. The SMILES string of the molecule is Cc1ccc(NC(=O)Cn2nnc(-c3cccc(C(=O)OC(C)C)c3)n2)cc1Cl. The number of halogens is 1. The molecule has 0 bridgehead atoms. The van der Waals surface area contributed by atoms with Gasteiger partial charge in [-0.2, -0.15) is 4.80 Å². The fourth-order valence-electron chi connectivity index (χ4n) is 2.49. The molecule has 3 aromatic rings. The summed E-state index contributed by atoms with van der Waals surface area (Å²) in [6.45, 7) is 5.33. The summed E-state index contributed by atoms with van der Waals surface area (Å²) in [5.74, 6) is -0.441. The summed E-state index contributed by atoms with van der Waals surface area (Å²) in [7, 11) is 0. The van der Waals surface area contributed by atoms with Crippen LogP contribution in [0.15, 0.2) is 42.5 Å². The predicted molar refractivity (Wildman–Crippen MR) is 109 cm³/mol. The highest BCUT2D eigenvalue weighted by Gasteiger charge is 2.14. The van der Waals surface area contributed by atoms with E-state index in [9.17, 15) is 9.59 Å². The van der Waals surface area contributed by atoms with Gasteiger partial charge < -0.3 is 10.1 Å². The Kier molecular flexibility index (Phi) is 6.23. The molecular formula is C20H20ClN5O3. The Bertz CT molecular complexity index is 1050. The van der Waals surface area contributed by atoms with Gasteiger partial charge in [-0.25, -0.2) is 4.79 Å². The zero-order chi connectivity index (χ0) is 21.0. The van der Waals surface area contributed by atoms with E-state index >= 15 is 0 Å². The number of aromatic nitrogens is 4. The number of amides is 1. The van der Waals surface area contributed by atoms with Crippen LogP contribution >= 0.6 is 11.6 Å². The van der Waals surface area contributed by atoms with Crippen molar-refractivity contribution >= 4 is 29.2 Å². The van der Waals surface area contributed by atoms with Crippen LogP contribution in [0.4, 0.5) is 5.69 Å². The Hall–Kier alpha value is -3.26. The lowest BCUT2D eigenvalue weighted by Crippen LogP contribution is -2.20. The van der Waals surface area contributed by atoms with Crippen LogP contribution in [0.5, 0.6) is 0 Å². The van der Waals surface area contributed by atoms with Crippen molar-refractivity contribution in [3.8, 4) is 11.4 Å². The fraction of sp³-hybridized carbons (Fsp3) is 0.250. The van der Waals surface area contributed by atoms with E-state index < -0.39 is 5.97 Å². The molecule has 0 fully saturated rings. The van der Waals surface area contributed by atoms with Crippen LogP contribution in [-0.2, 0) is 16.1 Å². The lowest BCUT2D eigenvalue weighted by Gasteiger charge is -2.08. The van der Waals surface area contributed by atoms with Gasteiger partial charge in [-0.1, -0.05) is 29.8 Å². The molecule has 0 saturated heterocycles. The van der Waals surface area contributed by atoms with Crippen molar-refractivity contribution in [2.45, 2.75) is 33.4 Å². The van der Waals surface area contributed by atoms with E-state index in [1.54, 1.807) is 50.2 Å². The van der Waals surface area contributed by atoms with E-state index in [2.05, 4.69) is 20.7 Å². The van der Waals surface area contributed by atoms with Crippen molar-refractivity contribution in [3.05, 3.63) is 58.6 Å². The highest BCUT2D eigenvalue weighted by Crippen LogP contribution is 2.20. The number of carbonyl (C=O) groups excluding carboxylic acids is 2. The van der Waals surface area contributed by atoms with Crippen LogP contribution in [0.1, 0.15) is 29.8 Å². The summed E-state index contributed by atoms with van der Waals surface area (Å²) < 4.78 is 5.19. The summed E-state index contributed by atoms with van der Waals surface area (Å²) in [5.41, 5.74) is 2.50. The van der Waals surface area contributed by atoms with Gasteiger partial charge in [-0.15, -0.1) is 10.2 Å². The maximum Gasteiger partial charge on any atom is 0.338 e. The standard InChI is InChI=1S/C20H20ClN5O3/c1-12(2)29-20(28)15-6-4-5-14(9-15)19-23-25-26(24-19)11-18(27)22-16-8-7-13(3)17(21)10-16/h4-10,12H,11H2,1-3H3,(H,22,27). The molecule has 9 heteroatoms. The van der Waals surface area contributed by atoms with Gasteiger partial charge in [0.25, 0.3) is 0 Å². The van der Waals surface area contributed by atoms with Gasteiger partial charge in [-0.05, 0) is 55.8 Å². The van der Waals surface area contributed by atoms with Crippen molar-refractivity contribution in [1.29, 1.82) is 0 Å². The summed E-state index contributed by atoms with van der Waals surface area (Å²) >= 11 is 6.07. The quantitative estimate of drug-likeness (QED) is 0.621. The first-order chi connectivity index (χ1) is 13.8. The topological polar surface area (TPSA) is 99.0 Å². The minimum Gasteiger partial charge on any atom is -0.459 e. The van der Waals surface area contributed by atoms with Gasteiger partial charge in [0, 0.05) is 16.3 Å². The molecule has 0 aliphatic rings. The van der Waals surface area contributed by atoms with Crippen LogP contribution in [0.25, 0.3) is 11.4 Å². The Morgan fingerprint density at radius 1 is 1.21 bits per heavy atom. The van der Waals surface area contributed by atoms with Gasteiger partial charge in [0.15, 0.2) is 0 Å². The third-order valence-electron chi connectivity index (χ3n) is 3.89. The third kappa shape index (κ3) is 5.39. The van der Waals surface area contributed by atoms with Crippen LogP contribution in [-0.4, -0.2) is 38.2 Å². The second-order valence-corrected chi connectivity index (χ2v) is 7.10. The van der Waals surface area contributed by atoms with E-state index in [0.717, 1.165) is 5.56 Å². The number of esters is 1. The minimum absolute atomic E-state index is 0.117. The number of carbonyl (C=O) groups is 2. The molecule has 150 valence electrons. The number of nitrogens with one attached hydrogen (secondary N) is 1. The van der Waals surface area contributed by atoms with Gasteiger partial charge in [-0.3, -0.25) is 4.79 Å².